The van der Waals surface area contributed by atoms with E-state index < -0.39 is 0 Å². The molecule has 0 amide bonds. The number of nitrogens with one attached hydrogen (secondary N) is 1. The van der Waals surface area contributed by atoms with Crippen LogP contribution in [0.2, 0.25) is 0 Å². The molecule has 3 heterocycles. The summed E-state index contributed by atoms with van der Waals surface area (Å²) in [5.74, 6) is 1.10. The summed E-state index contributed by atoms with van der Waals surface area (Å²) in [6.07, 6.45) is 3.46. The van der Waals surface area contributed by atoms with Gasteiger partial charge in [0.2, 0.25) is 11.7 Å². The third kappa shape index (κ3) is 3.07. The van der Waals surface area contributed by atoms with Crippen molar-refractivity contribution in [1.29, 1.82) is 0 Å². The van der Waals surface area contributed by atoms with E-state index in [0.717, 1.165) is 15.8 Å². The van der Waals surface area contributed by atoms with Crippen LogP contribution in [-0.4, -0.2) is 26.6 Å². The van der Waals surface area contributed by atoms with E-state index in [1.807, 2.05) is 24.3 Å². The van der Waals surface area contributed by atoms with Crippen molar-refractivity contribution >= 4 is 34.6 Å². The van der Waals surface area contributed by atoms with Crippen LogP contribution in [0.3, 0.4) is 0 Å². The van der Waals surface area contributed by atoms with Crippen molar-refractivity contribution in [3.63, 3.8) is 0 Å². The molecule has 0 radical (unpaired) electrons. The first-order valence-electron chi connectivity index (χ1n) is 7.38. The summed E-state index contributed by atoms with van der Waals surface area (Å²) < 4.78 is 14.3. The van der Waals surface area contributed by atoms with Crippen molar-refractivity contribution in [1.82, 2.24) is 19.5 Å². The van der Waals surface area contributed by atoms with Crippen LogP contribution in [0.5, 0.6) is 5.88 Å². The SMILES string of the molecule is COc1cc(/C=C/c2nc(-c3cc4ccccc4[nH]c3=O)no2)sn1. The molecule has 0 saturated carbocycles. The van der Waals surface area contributed by atoms with Crippen LogP contribution in [0.1, 0.15) is 10.8 Å². The molecule has 4 rings (SSSR count). The van der Waals surface area contributed by atoms with Crippen LogP contribution >= 0.6 is 11.5 Å². The molecule has 0 atom stereocenters. The second kappa shape index (κ2) is 6.33. The van der Waals surface area contributed by atoms with Gasteiger partial charge in [-0.1, -0.05) is 23.4 Å². The van der Waals surface area contributed by atoms with Gasteiger partial charge in [0.15, 0.2) is 0 Å². The Kier molecular flexibility index (Phi) is 3.87. The molecule has 124 valence electrons. The van der Waals surface area contributed by atoms with Crippen LogP contribution in [-0.2, 0) is 0 Å². The molecule has 0 aliphatic heterocycles. The van der Waals surface area contributed by atoms with Crippen LogP contribution in [0.4, 0.5) is 0 Å². The smallest absolute Gasteiger partial charge is 0.259 e. The number of hydrogen-bond acceptors (Lipinski definition) is 7. The number of ether oxygens (including phenoxy) is 1. The third-order valence-electron chi connectivity index (χ3n) is 3.54. The van der Waals surface area contributed by atoms with Crippen molar-refractivity contribution in [2.75, 3.05) is 7.11 Å². The molecule has 0 fully saturated rings. The van der Waals surface area contributed by atoms with Gasteiger partial charge in [-0.05, 0) is 35.1 Å². The second-order valence-corrected chi connectivity index (χ2v) is 6.00. The predicted molar refractivity (Wildman–Crippen MR) is 95.5 cm³/mol. The summed E-state index contributed by atoms with van der Waals surface area (Å²) in [5, 5.41) is 4.79. The number of fused-ring (bicyclic) bond motifs is 1. The zero-order valence-corrected chi connectivity index (χ0v) is 13.9. The lowest BCUT2D eigenvalue weighted by atomic mass is 10.1. The van der Waals surface area contributed by atoms with Crippen LogP contribution in [0, 0.1) is 0 Å². The number of para-hydroxylation sites is 1. The molecule has 3 aromatic heterocycles. The number of rotatable bonds is 4. The minimum atomic E-state index is -0.262. The van der Waals surface area contributed by atoms with E-state index in [1.165, 1.54) is 11.5 Å². The number of aromatic nitrogens is 4. The van der Waals surface area contributed by atoms with Gasteiger partial charge in [0, 0.05) is 17.7 Å². The summed E-state index contributed by atoms with van der Waals surface area (Å²) in [7, 11) is 1.56. The monoisotopic (exact) mass is 352 g/mol. The fourth-order valence-electron chi connectivity index (χ4n) is 2.33. The number of nitrogens with zero attached hydrogens (tertiary/aromatic N) is 3. The molecule has 1 N–H and O–H groups in total. The maximum Gasteiger partial charge on any atom is 0.259 e. The maximum atomic E-state index is 12.2. The fourth-order valence-corrected chi connectivity index (χ4v) is 2.93. The molecule has 0 bridgehead atoms. The minimum Gasteiger partial charge on any atom is -0.480 e. The molecule has 1 aromatic carbocycles. The van der Waals surface area contributed by atoms with Gasteiger partial charge in [0.05, 0.1) is 17.6 Å². The van der Waals surface area contributed by atoms with Crippen LogP contribution in [0.15, 0.2) is 45.7 Å². The quantitative estimate of drug-likeness (QED) is 0.606. The summed E-state index contributed by atoms with van der Waals surface area (Å²) in [5.41, 5.74) is 0.864. The van der Waals surface area contributed by atoms with Crippen molar-refractivity contribution in [2.24, 2.45) is 0 Å². The Labute approximate surface area is 145 Å². The molecule has 0 aliphatic rings. The van der Waals surface area contributed by atoms with Crippen molar-refractivity contribution in [3.8, 4) is 17.3 Å². The summed E-state index contributed by atoms with van der Waals surface area (Å²) >= 11 is 1.29. The molecule has 0 unspecified atom stereocenters. The average molecular weight is 352 g/mol. The lowest BCUT2D eigenvalue weighted by Gasteiger charge is -1.98. The molecule has 0 aliphatic carbocycles. The number of benzene rings is 1. The third-order valence-corrected chi connectivity index (χ3v) is 4.28. The normalized spacial score (nSPS) is 11.4. The summed E-state index contributed by atoms with van der Waals surface area (Å²) in [6.45, 7) is 0. The Morgan fingerprint density at radius 1 is 1.24 bits per heavy atom. The predicted octanol–water partition coefficient (Wildman–Crippen LogP) is 3.21. The number of H-pyrrole nitrogens is 1. The first kappa shape index (κ1) is 15.3. The van der Waals surface area contributed by atoms with Gasteiger partial charge in [-0.2, -0.15) is 9.36 Å². The van der Waals surface area contributed by atoms with E-state index in [4.69, 9.17) is 9.26 Å². The van der Waals surface area contributed by atoms with E-state index in [-0.39, 0.29) is 11.4 Å². The van der Waals surface area contributed by atoms with Crippen LogP contribution in [0.25, 0.3) is 34.4 Å². The van der Waals surface area contributed by atoms with Gasteiger partial charge in [-0.15, -0.1) is 0 Å². The highest BCUT2D eigenvalue weighted by Crippen LogP contribution is 2.20. The van der Waals surface area contributed by atoms with Gasteiger partial charge in [0.25, 0.3) is 11.4 Å². The lowest BCUT2D eigenvalue weighted by molar-refractivity contribution is 0.402. The highest BCUT2D eigenvalue weighted by atomic mass is 32.1. The van der Waals surface area contributed by atoms with E-state index in [1.54, 1.807) is 31.4 Å². The molecule has 4 aromatic rings. The molecule has 0 saturated heterocycles. The number of methoxy groups -OCH3 is 1. The van der Waals surface area contributed by atoms with Gasteiger partial charge < -0.3 is 14.2 Å². The fraction of sp³-hybridized carbons (Fsp3) is 0.0588. The lowest BCUT2D eigenvalue weighted by Crippen LogP contribution is -2.09. The second-order valence-electron chi connectivity index (χ2n) is 5.16. The van der Waals surface area contributed by atoms with E-state index in [2.05, 4.69) is 19.5 Å². The topological polar surface area (TPSA) is 93.9 Å². The highest BCUT2D eigenvalue weighted by Gasteiger charge is 2.12. The summed E-state index contributed by atoms with van der Waals surface area (Å²) in [6, 6.07) is 11.1. The average Bonchev–Trinajstić information content (AvgIpc) is 3.28. The van der Waals surface area contributed by atoms with Gasteiger partial charge in [0.1, 0.15) is 0 Å². The Morgan fingerprint density at radius 3 is 2.96 bits per heavy atom. The molecule has 0 spiro atoms. The zero-order valence-electron chi connectivity index (χ0n) is 13.1. The first-order chi connectivity index (χ1) is 12.2. The van der Waals surface area contributed by atoms with E-state index in [9.17, 15) is 4.79 Å². The Bertz CT molecular complexity index is 1130. The highest BCUT2D eigenvalue weighted by molar-refractivity contribution is 7.07. The molecule has 25 heavy (non-hydrogen) atoms. The Hall–Kier alpha value is -3.26. The van der Waals surface area contributed by atoms with Crippen LogP contribution < -0.4 is 10.3 Å². The first-order valence-corrected chi connectivity index (χ1v) is 8.15. The molecule has 7 nitrogen and oxygen atoms in total. The van der Waals surface area contributed by atoms with Gasteiger partial charge >= 0.3 is 0 Å². The minimum absolute atomic E-state index is 0.244. The Morgan fingerprint density at radius 2 is 2.12 bits per heavy atom. The van der Waals surface area contributed by atoms with Gasteiger partial charge in [-0.25, -0.2) is 0 Å². The zero-order chi connectivity index (χ0) is 17.2. The number of aromatic amines is 1. The van der Waals surface area contributed by atoms with Crippen molar-refractivity contribution in [3.05, 3.63) is 57.5 Å². The standard InChI is InChI=1S/C17H12N4O3S/c1-23-15-9-11(25-21-15)6-7-14-19-16(20-24-14)12-8-10-4-2-3-5-13(10)18-17(12)22/h2-9H,1H3,(H,18,22)/b7-6+. The van der Waals surface area contributed by atoms with Crippen molar-refractivity contribution < 1.29 is 9.26 Å². The molecule has 8 heteroatoms. The maximum absolute atomic E-state index is 12.2. The molecular formula is C17H12N4O3S. The van der Waals surface area contributed by atoms with E-state index >= 15 is 0 Å². The Balaban J connectivity index is 1.65. The van der Waals surface area contributed by atoms with Gasteiger partial charge in [-0.3, -0.25) is 4.79 Å². The number of hydrogen-bond donors (Lipinski definition) is 1. The molecular weight excluding hydrogens is 340 g/mol. The van der Waals surface area contributed by atoms with Crippen molar-refractivity contribution in [2.45, 2.75) is 0 Å². The largest absolute Gasteiger partial charge is 0.480 e. The number of pyridine rings is 1. The van der Waals surface area contributed by atoms with E-state index in [0.29, 0.717) is 17.3 Å². The summed E-state index contributed by atoms with van der Waals surface area (Å²) in [4.78, 5) is 20.2.